The fourth-order valence-electron chi connectivity index (χ4n) is 1.12. The maximum Gasteiger partial charge on any atom is 0.246 e. The average Bonchev–Trinajstić information content (AvgIpc) is 2.21. The maximum absolute atomic E-state index is 11.1. The van der Waals surface area contributed by atoms with Crippen molar-refractivity contribution < 1.29 is 9.59 Å². The van der Waals surface area contributed by atoms with Gasteiger partial charge in [-0.25, -0.2) is 0 Å². The van der Waals surface area contributed by atoms with Crippen LogP contribution in [-0.4, -0.2) is 25.4 Å². The molecule has 0 aromatic rings. The average molecular weight is 212 g/mol. The molecule has 15 heavy (non-hydrogen) atoms. The summed E-state index contributed by atoms with van der Waals surface area (Å²) in [7, 11) is 0. The van der Waals surface area contributed by atoms with Crippen molar-refractivity contribution in [2.75, 3.05) is 13.1 Å². The Morgan fingerprint density at radius 3 is 2.33 bits per heavy atom. The van der Waals surface area contributed by atoms with E-state index >= 15 is 0 Å². The molecule has 0 bridgehead atoms. The van der Waals surface area contributed by atoms with Crippen LogP contribution in [0.4, 0.5) is 0 Å². The Kier molecular flexibility index (Phi) is 8.43. The summed E-state index contributed by atoms with van der Waals surface area (Å²) in [6.45, 7) is 6.68. The molecule has 0 aliphatic heterocycles. The maximum atomic E-state index is 11.1. The van der Waals surface area contributed by atoms with E-state index in [4.69, 9.17) is 0 Å². The minimum absolute atomic E-state index is 0.0716. The number of hydrogen-bond donors (Lipinski definition) is 2. The summed E-state index contributed by atoms with van der Waals surface area (Å²) in [5.41, 5.74) is 0.546. The van der Waals surface area contributed by atoms with Crippen LogP contribution in [0.2, 0.25) is 0 Å². The Morgan fingerprint density at radius 1 is 1.20 bits per heavy atom. The van der Waals surface area contributed by atoms with Gasteiger partial charge >= 0.3 is 0 Å². The zero-order chi connectivity index (χ0) is 11.5. The summed E-state index contributed by atoms with van der Waals surface area (Å²) < 4.78 is 0. The number of carbonyl (C=O) groups is 2. The molecule has 2 amide bonds. The molecule has 0 rings (SSSR count). The van der Waals surface area contributed by atoms with Crippen LogP contribution < -0.4 is 10.6 Å². The summed E-state index contributed by atoms with van der Waals surface area (Å²) in [4.78, 5) is 21.0. The third-order valence-corrected chi connectivity index (χ3v) is 2.00. The molecule has 0 radical (unpaired) electrons. The highest BCUT2D eigenvalue weighted by Crippen LogP contribution is 1.97. The third kappa shape index (κ3) is 9.00. The summed E-state index contributed by atoms with van der Waals surface area (Å²) in [6.07, 6.45) is 4.82. The molecule has 0 unspecified atom stereocenters. The summed E-state index contributed by atoms with van der Waals surface area (Å²) in [5.74, 6) is -0.0716. The minimum Gasteiger partial charge on any atom is -0.359 e. The zero-order valence-corrected chi connectivity index (χ0v) is 9.34. The van der Waals surface area contributed by atoms with Gasteiger partial charge in [0, 0.05) is 18.7 Å². The van der Waals surface area contributed by atoms with E-state index in [0.29, 0.717) is 18.5 Å². The highest BCUT2D eigenvalue weighted by atomic mass is 16.1. The van der Waals surface area contributed by atoms with E-state index in [2.05, 4.69) is 17.2 Å². The molecule has 0 saturated heterocycles. The molecule has 0 aromatic heterocycles. The Balaban J connectivity index is 3.14. The Bertz CT molecular complexity index is 215. The smallest absolute Gasteiger partial charge is 0.246 e. The zero-order valence-electron chi connectivity index (χ0n) is 9.34. The molecule has 0 heterocycles. The summed E-state index contributed by atoms with van der Waals surface area (Å²) in [5, 5.41) is 5.38. The predicted octanol–water partition coefficient (Wildman–Crippen LogP) is 0.985. The lowest BCUT2D eigenvalue weighted by molar-refractivity contribution is -0.117. The molecule has 0 fully saturated rings. The minimum atomic E-state index is -0.0716. The van der Waals surface area contributed by atoms with Crippen molar-refractivity contribution in [3.05, 3.63) is 12.2 Å². The van der Waals surface area contributed by atoms with Crippen molar-refractivity contribution in [2.24, 2.45) is 0 Å². The molecule has 0 spiro atoms. The lowest BCUT2D eigenvalue weighted by Gasteiger charge is -2.04. The largest absolute Gasteiger partial charge is 0.359 e. The summed E-state index contributed by atoms with van der Waals surface area (Å²) >= 11 is 0. The second kappa shape index (κ2) is 9.24. The molecule has 0 atom stereocenters. The lowest BCUT2D eigenvalue weighted by Crippen LogP contribution is -2.24. The molecule has 0 aromatic carbocycles. The van der Waals surface area contributed by atoms with Crippen LogP contribution in [-0.2, 0) is 9.59 Å². The van der Waals surface area contributed by atoms with E-state index in [1.165, 1.54) is 0 Å². The van der Waals surface area contributed by atoms with E-state index in [-0.39, 0.29) is 5.91 Å². The van der Waals surface area contributed by atoms with Gasteiger partial charge in [-0.1, -0.05) is 19.4 Å². The van der Waals surface area contributed by atoms with E-state index in [1.54, 1.807) is 6.92 Å². The molecule has 0 aliphatic carbocycles. The number of hydrogen-bond acceptors (Lipinski definition) is 2. The quantitative estimate of drug-likeness (QED) is 0.340. The molecule has 0 aliphatic rings. The standard InChI is InChI=1S/C11H20N2O2/c1-10(2)11(15)13-8-6-4-3-5-7-12-9-14/h9H,1,3-8H2,2H3,(H,12,14)(H,13,15). The Hall–Kier alpha value is -1.32. The number of nitrogens with one attached hydrogen (secondary N) is 2. The monoisotopic (exact) mass is 212 g/mol. The fraction of sp³-hybridized carbons (Fsp3) is 0.636. The van der Waals surface area contributed by atoms with Crippen LogP contribution in [0.25, 0.3) is 0 Å². The van der Waals surface area contributed by atoms with Crippen molar-refractivity contribution in [1.29, 1.82) is 0 Å². The van der Waals surface area contributed by atoms with Crippen molar-refractivity contribution in [3.8, 4) is 0 Å². The van der Waals surface area contributed by atoms with Crippen LogP contribution in [0.1, 0.15) is 32.6 Å². The number of carbonyl (C=O) groups excluding carboxylic acids is 2. The van der Waals surface area contributed by atoms with Gasteiger partial charge in [0.15, 0.2) is 0 Å². The summed E-state index contributed by atoms with van der Waals surface area (Å²) in [6, 6.07) is 0. The first-order chi connectivity index (χ1) is 7.18. The second-order valence-corrected chi connectivity index (χ2v) is 3.52. The van der Waals surface area contributed by atoms with E-state index in [9.17, 15) is 9.59 Å². The van der Waals surface area contributed by atoms with Gasteiger partial charge in [-0.15, -0.1) is 0 Å². The van der Waals surface area contributed by atoms with E-state index in [1.807, 2.05) is 0 Å². The molecular weight excluding hydrogens is 192 g/mol. The number of amides is 2. The van der Waals surface area contributed by atoms with Gasteiger partial charge in [-0.05, 0) is 19.8 Å². The fourth-order valence-corrected chi connectivity index (χ4v) is 1.12. The highest BCUT2D eigenvalue weighted by Gasteiger charge is 1.98. The van der Waals surface area contributed by atoms with Gasteiger partial charge in [0.25, 0.3) is 0 Å². The van der Waals surface area contributed by atoms with E-state index in [0.717, 1.165) is 32.2 Å². The van der Waals surface area contributed by atoms with Crippen LogP contribution in [0, 0.1) is 0 Å². The Morgan fingerprint density at radius 2 is 1.80 bits per heavy atom. The first kappa shape index (κ1) is 13.7. The number of unbranched alkanes of at least 4 members (excludes halogenated alkanes) is 3. The van der Waals surface area contributed by atoms with Gasteiger partial charge in [0.1, 0.15) is 0 Å². The molecule has 4 heteroatoms. The van der Waals surface area contributed by atoms with Gasteiger partial charge in [0.05, 0.1) is 0 Å². The van der Waals surface area contributed by atoms with Gasteiger partial charge in [0.2, 0.25) is 12.3 Å². The van der Waals surface area contributed by atoms with Crippen LogP contribution in [0.5, 0.6) is 0 Å². The molecule has 86 valence electrons. The van der Waals surface area contributed by atoms with Crippen molar-refractivity contribution in [3.63, 3.8) is 0 Å². The topological polar surface area (TPSA) is 58.2 Å². The lowest BCUT2D eigenvalue weighted by atomic mass is 10.2. The number of rotatable bonds is 9. The first-order valence-electron chi connectivity index (χ1n) is 5.29. The SMILES string of the molecule is C=C(C)C(=O)NCCCCCCNC=O. The van der Waals surface area contributed by atoms with Crippen LogP contribution in [0.15, 0.2) is 12.2 Å². The van der Waals surface area contributed by atoms with Crippen LogP contribution >= 0.6 is 0 Å². The highest BCUT2D eigenvalue weighted by molar-refractivity contribution is 5.91. The Labute approximate surface area is 91.1 Å². The second-order valence-electron chi connectivity index (χ2n) is 3.52. The normalized spacial score (nSPS) is 9.40. The van der Waals surface area contributed by atoms with Gasteiger partial charge < -0.3 is 10.6 Å². The van der Waals surface area contributed by atoms with Gasteiger partial charge in [-0.2, -0.15) is 0 Å². The molecule has 2 N–H and O–H groups in total. The predicted molar refractivity (Wildman–Crippen MR) is 60.4 cm³/mol. The molecule has 4 nitrogen and oxygen atoms in total. The van der Waals surface area contributed by atoms with Crippen molar-refractivity contribution in [2.45, 2.75) is 32.6 Å². The van der Waals surface area contributed by atoms with Crippen molar-refractivity contribution >= 4 is 12.3 Å². The van der Waals surface area contributed by atoms with Gasteiger partial charge in [-0.3, -0.25) is 9.59 Å². The first-order valence-corrected chi connectivity index (χ1v) is 5.29. The third-order valence-electron chi connectivity index (χ3n) is 2.00. The molecular formula is C11H20N2O2. The molecule has 0 saturated carbocycles. The van der Waals surface area contributed by atoms with Crippen LogP contribution in [0.3, 0.4) is 0 Å². The van der Waals surface area contributed by atoms with Crippen molar-refractivity contribution in [1.82, 2.24) is 10.6 Å². The van der Waals surface area contributed by atoms with E-state index < -0.39 is 0 Å².